The van der Waals surface area contributed by atoms with Crippen LogP contribution in [0.4, 0.5) is 0 Å². The van der Waals surface area contributed by atoms with Gasteiger partial charge >= 0.3 is 5.97 Å². The zero-order valence-electron chi connectivity index (χ0n) is 15.5. The van der Waals surface area contributed by atoms with E-state index in [0.717, 1.165) is 37.5 Å². The first kappa shape index (κ1) is 18.1. The van der Waals surface area contributed by atoms with E-state index in [2.05, 4.69) is 13.5 Å². The van der Waals surface area contributed by atoms with Crippen LogP contribution in [0.25, 0.3) is 0 Å². The molecule has 3 aliphatic rings. The number of allylic oxidation sites excluding steroid dienone is 2. The Bertz CT molecular complexity index is 661. The van der Waals surface area contributed by atoms with E-state index in [1.54, 1.807) is 0 Å². The van der Waals surface area contributed by atoms with Crippen LogP contribution in [-0.2, 0) is 19.1 Å². The summed E-state index contributed by atoms with van der Waals surface area (Å²) in [5.41, 5.74) is 0.904. The first-order valence-electron chi connectivity index (χ1n) is 9.28. The van der Waals surface area contributed by atoms with E-state index in [-0.39, 0.29) is 34.9 Å². The third kappa shape index (κ3) is 2.70. The van der Waals surface area contributed by atoms with E-state index in [9.17, 15) is 14.4 Å². The van der Waals surface area contributed by atoms with Crippen LogP contribution in [0, 0.1) is 28.6 Å². The Morgan fingerprint density at radius 1 is 1.28 bits per heavy atom. The molecule has 2 saturated carbocycles. The van der Waals surface area contributed by atoms with Gasteiger partial charge in [-0.05, 0) is 49.9 Å². The molecule has 3 fully saturated rings. The molecule has 1 heterocycles. The van der Waals surface area contributed by atoms with E-state index >= 15 is 0 Å². The van der Waals surface area contributed by atoms with Gasteiger partial charge in [-0.3, -0.25) is 4.79 Å². The molecule has 2 aliphatic carbocycles. The molecule has 1 aliphatic heterocycles. The first-order valence-corrected chi connectivity index (χ1v) is 9.28. The molecule has 0 spiro atoms. The van der Waals surface area contributed by atoms with E-state index in [1.165, 1.54) is 5.57 Å². The number of fused-ring (bicyclic) bond motifs is 1. The molecule has 0 amide bonds. The number of carbonyl (C=O) groups is 3. The number of rotatable bonds is 3. The number of carbonyl (C=O) groups excluding carboxylic acids is 3. The monoisotopic (exact) mass is 344 g/mol. The molecular formula is C21H28O4. The minimum absolute atomic E-state index is 0.0422. The number of hydrogen-bond acceptors (Lipinski definition) is 4. The van der Waals surface area contributed by atoms with Crippen molar-refractivity contribution in [3.05, 3.63) is 23.8 Å². The number of hydrogen-bond donors (Lipinski definition) is 0. The number of Topliss-reactive ketones (excluding diaryl/α,β-unsaturated/α-hetero) is 1. The molecule has 0 radical (unpaired) electrons. The number of ether oxygens (including phenoxy) is 1. The Labute approximate surface area is 149 Å². The van der Waals surface area contributed by atoms with Crippen LogP contribution in [0.15, 0.2) is 23.8 Å². The van der Waals surface area contributed by atoms with Crippen molar-refractivity contribution in [3.63, 3.8) is 0 Å². The Morgan fingerprint density at radius 2 is 2.00 bits per heavy atom. The highest BCUT2D eigenvalue weighted by atomic mass is 16.5. The lowest BCUT2D eigenvalue weighted by Gasteiger charge is -2.56. The summed E-state index contributed by atoms with van der Waals surface area (Å²) in [7, 11) is 0. The Kier molecular flexibility index (Phi) is 4.50. The van der Waals surface area contributed by atoms with Crippen molar-refractivity contribution in [3.8, 4) is 0 Å². The average Bonchev–Trinajstić information content (AvgIpc) is 2.89. The second-order valence-corrected chi connectivity index (χ2v) is 8.53. The second-order valence-electron chi connectivity index (χ2n) is 8.53. The maximum absolute atomic E-state index is 12.5. The molecule has 0 bridgehead atoms. The molecule has 5 atom stereocenters. The Hall–Kier alpha value is -1.71. The molecule has 4 nitrogen and oxygen atoms in total. The molecule has 3 rings (SSSR count). The van der Waals surface area contributed by atoms with Crippen molar-refractivity contribution in [1.29, 1.82) is 0 Å². The molecule has 0 aromatic rings. The van der Waals surface area contributed by atoms with Crippen LogP contribution >= 0.6 is 0 Å². The molecule has 0 aromatic carbocycles. The van der Waals surface area contributed by atoms with Gasteiger partial charge in [-0.1, -0.05) is 32.1 Å². The van der Waals surface area contributed by atoms with Crippen molar-refractivity contribution < 1.29 is 19.1 Å². The third-order valence-electron chi connectivity index (χ3n) is 7.10. The fraction of sp³-hybridized carbons (Fsp3) is 0.667. The quantitative estimate of drug-likeness (QED) is 0.258. The van der Waals surface area contributed by atoms with Crippen molar-refractivity contribution in [2.45, 2.75) is 52.9 Å². The standard InChI is InChI=1S/C21H28O4/c1-13-5-8-17-20(3,10-9-18(23)21(17,4)12-22)16(13)7-6-15-14(2)11-25-19(15)24/h6,12,14,16-17H,1,5,7-11H2,2-4H3/b15-6+/t14-,16-,17+,20+,21+/m1/s1. The van der Waals surface area contributed by atoms with Gasteiger partial charge in [0.25, 0.3) is 0 Å². The number of cyclic esters (lactones) is 1. The fourth-order valence-corrected chi connectivity index (χ4v) is 5.41. The topological polar surface area (TPSA) is 60.4 Å². The van der Waals surface area contributed by atoms with E-state index in [1.807, 2.05) is 19.9 Å². The van der Waals surface area contributed by atoms with Gasteiger partial charge in [-0.25, -0.2) is 4.79 Å². The second kappa shape index (κ2) is 6.22. The number of esters is 1. The highest BCUT2D eigenvalue weighted by Crippen LogP contribution is 2.60. The normalized spacial score (nSPS) is 43.1. The summed E-state index contributed by atoms with van der Waals surface area (Å²) in [6.07, 6.45) is 6.51. The number of aldehydes is 1. The molecule has 1 saturated heterocycles. The summed E-state index contributed by atoms with van der Waals surface area (Å²) < 4.78 is 5.12. The van der Waals surface area contributed by atoms with Crippen molar-refractivity contribution in [2.75, 3.05) is 6.61 Å². The fourth-order valence-electron chi connectivity index (χ4n) is 5.41. The van der Waals surface area contributed by atoms with Gasteiger partial charge in [0.05, 0.1) is 12.0 Å². The number of ketones is 1. The van der Waals surface area contributed by atoms with Crippen LogP contribution in [0.3, 0.4) is 0 Å². The Morgan fingerprint density at radius 3 is 2.60 bits per heavy atom. The van der Waals surface area contributed by atoms with Crippen LogP contribution in [0.2, 0.25) is 0 Å². The largest absolute Gasteiger partial charge is 0.462 e. The van der Waals surface area contributed by atoms with Crippen molar-refractivity contribution >= 4 is 18.0 Å². The SMILES string of the molecule is C=C1CC[C@H]2[C@@](C)(CCC(=O)[C@@]2(C)C=O)[C@@H]1C/C=C1/C(=O)OC[C@H]1C. The van der Waals surface area contributed by atoms with Gasteiger partial charge in [-0.15, -0.1) is 0 Å². The van der Waals surface area contributed by atoms with Crippen LogP contribution in [-0.4, -0.2) is 24.6 Å². The molecule has 0 aromatic heterocycles. The lowest BCUT2D eigenvalue weighted by atomic mass is 9.46. The van der Waals surface area contributed by atoms with Crippen LogP contribution in [0.1, 0.15) is 52.9 Å². The zero-order valence-corrected chi connectivity index (χ0v) is 15.5. The van der Waals surface area contributed by atoms with Crippen molar-refractivity contribution in [2.24, 2.45) is 28.6 Å². The van der Waals surface area contributed by atoms with Gasteiger partial charge in [0, 0.05) is 17.9 Å². The lowest BCUT2D eigenvalue weighted by Crippen LogP contribution is -2.55. The Balaban J connectivity index is 1.92. The lowest BCUT2D eigenvalue weighted by molar-refractivity contribution is -0.151. The molecule has 0 N–H and O–H groups in total. The van der Waals surface area contributed by atoms with Crippen LogP contribution in [0.5, 0.6) is 0 Å². The highest BCUT2D eigenvalue weighted by molar-refractivity contribution is 5.99. The highest BCUT2D eigenvalue weighted by Gasteiger charge is 2.57. The minimum Gasteiger partial charge on any atom is -0.462 e. The molecule has 4 heteroatoms. The van der Waals surface area contributed by atoms with Gasteiger partial charge in [0.1, 0.15) is 12.1 Å². The molecule has 136 valence electrons. The smallest absolute Gasteiger partial charge is 0.334 e. The van der Waals surface area contributed by atoms with Gasteiger partial charge < -0.3 is 9.53 Å². The van der Waals surface area contributed by atoms with E-state index in [4.69, 9.17) is 4.74 Å². The van der Waals surface area contributed by atoms with Gasteiger partial charge in [0.2, 0.25) is 0 Å². The van der Waals surface area contributed by atoms with Crippen molar-refractivity contribution in [1.82, 2.24) is 0 Å². The summed E-state index contributed by atoms with van der Waals surface area (Å²) in [5.74, 6) is 0.211. The average molecular weight is 344 g/mol. The molecular weight excluding hydrogens is 316 g/mol. The summed E-state index contributed by atoms with van der Waals surface area (Å²) in [6.45, 7) is 10.8. The summed E-state index contributed by atoms with van der Waals surface area (Å²) >= 11 is 0. The zero-order chi connectivity index (χ0) is 18.4. The summed E-state index contributed by atoms with van der Waals surface area (Å²) in [4.78, 5) is 36.2. The predicted molar refractivity (Wildman–Crippen MR) is 94.7 cm³/mol. The maximum Gasteiger partial charge on any atom is 0.334 e. The van der Waals surface area contributed by atoms with Gasteiger partial charge in [0.15, 0.2) is 0 Å². The molecule has 0 unspecified atom stereocenters. The summed E-state index contributed by atoms with van der Waals surface area (Å²) in [6, 6.07) is 0. The minimum atomic E-state index is -0.890. The summed E-state index contributed by atoms with van der Waals surface area (Å²) in [5, 5.41) is 0. The van der Waals surface area contributed by atoms with E-state index < -0.39 is 5.41 Å². The van der Waals surface area contributed by atoms with Gasteiger partial charge in [-0.2, -0.15) is 0 Å². The third-order valence-corrected chi connectivity index (χ3v) is 7.10. The maximum atomic E-state index is 12.5. The van der Waals surface area contributed by atoms with E-state index in [0.29, 0.717) is 13.0 Å². The predicted octanol–water partition coefficient (Wildman–Crippen LogP) is 3.65. The first-order chi connectivity index (χ1) is 11.7. The van der Waals surface area contributed by atoms with Crippen LogP contribution < -0.4 is 0 Å². The molecule has 25 heavy (non-hydrogen) atoms.